The van der Waals surface area contributed by atoms with Crippen molar-refractivity contribution in [3.8, 4) is 5.75 Å². The van der Waals surface area contributed by atoms with Gasteiger partial charge >= 0.3 is 0 Å². The molecule has 1 atom stereocenters. The Kier molecular flexibility index (Phi) is 5.49. The normalized spacial score (nSPS) is 17.7. The van der Waals surface area contributed by atoms with Gasteiger partial charge in [-0.2, -0.15) is 0 Å². The number of aliphatic hydroxyl groups is 1. The number of methoxy groups -OCH3 is 1. The zero-order valence-corrected chi connectivity index (χ0v) is 16.7. The number of aromatic nitrogens is 1. The number of carbonyl (C=O) groups excluding carboxylic acids is 2. The third kappa shape index (κ3) is 3.77. The van der Waals surface area contributed by atoms with Crippen LogP contribution in [0.4, 0.5) is 4.39 Å². The minimum absolute atomic E-state index is 0.0385. The first-order valence-corrected chi connectivity index (χ1v) is 9.57. The van der Waals surface area contributed by atoms with Crippen LogP contribution in [0.5, 0.6) is 5.75 Å². The van der Waals surface area contributed by atoms with Gasteiger partial charge in [0.2, 0.25) is 0 Å². The van der Waals surface area contributed by atoms with E-state index in [-0.39, 0.29) is 23.4 Å². The maximum atomic E-state index is 14.8. The van der Waals surface area contributed by atoms with E-state index in [2.05, 4.69) is 4.98 Å². The number of hydrogen-bond acceptors (Lipinski definition) is 5. The molecule has 1 saturated heterocycles. The van der Waals surface area contributed by atoms with Gasteiger partial charge < -0.3 is 14.7 Å². The Morgan fingerprint density at radius 3 is 2.48 bits per heavy atom. The summed E-state index contributed by atoms with van der Waals surface area (Å²) in [6.45, 7) is 0.0385. The van der Waals surface area contributed by atoms with E-state index in [9.17, 15) is 19.1 Å². The minimum Gasteiger partial charge on any atom is -0.507 e. The first-order chi connectivity index (χ1) is 15.0. The molecule has 1 aliphatic heterocycles. The highest BCUT2D eigenvalue weighted by Gasteiger charge is 2.46. The summed E-state index contributed by atoms with van der Waals surface area (Å²) in [5.74, 6) is -2.06. The third-order valence-corrected chi connectivity index (χ3v) is 5.18. The average molecular weight is 418 g/mol. The molecule has 1 aliphatic rings. The number of hydrogen-bond donors (Lipinski definition) is 1. The van der Waals surface area contributed by atoms with Crippen molar-refractivity contribution < 1.29 is 23.8 Å². The molecule has 31 heavy (non-hydrogen) atoms. The van der Waals surface area contributed by atoms with E-state index in [4.69, 9.17) is 4.74 Å². The summed E-state index contributed by atoms with van der Waals surface area (Å²) < 4.78 is 19.9. The quantitative estimate of drug-likeness (QED) is 0.387. The predicted molar refractivity (Wildman–Crippen MR) is 111 cm³/mol. The number of rotatable bonds is 5. The van der Waals surface area contributed by atoms with Crippen LogP contribution in [0.25, 0.3) is 5.76 Å². The van der Waals surface area contributed by atoms with E-state index in [1.165, 1.54) is 30.2 Å². The highest BCUT2D eigenvalue weighted by molar-refractivity contribution is 6.46. The fourth-order valence-corrected chi connectivity index (χ4v) is 3.66. The van der Waals surface area contributed by atoms with Gasteiger partial charge in [-0.3, -0.25) is 14.6 Å². The lowest BCUT2D eigenvalue weighted by Crippen LogP contribution is -2.29. The summed E-state index contributed by atoms with van der Waals surface area (Å²) in [5.41, 5.74) is 0.960. The zero-order valence-electron chi connectivity index (χ0n) is 16.7. The van der Waals surface area contributed by atoms with Crippen molar-refractivity contribution in [3.63, 3.8) is 0 Å². The highest BCUT2D eigenvalue weighted by atomic mass is 19.1. The van der Waals surface area contributed by atoms with Crippen LogP contribution >= 0.6 is 0 Å². The average Bonchev–Trinajstić information content (AvgIpc) is 3.04. The second-order valence-corrected chi connectivity index (χ2v) is 7.04. The molecular formula is C24H19FN2O4. The number of likely N-dealkylation sites (tertiary alicyclic amines) is 1. The summed E-state index contributed by atoms with van der Waals surface area (Å²) in [6, 6.07) is 14.7. The second-order valence-electron chi connectivity index (χ2n) is 7.04. The van der Waals surface area contributed by atoms with Crippen LogP contribution in [0.3, 0.4) is 0 Å². The van der Waals surface area contributed by atoms with Crippen LogP contribution in [0, 0.1) is 5.82 Å². The van der Waals surface area contributed by atoms with Gasteiger partial charge in [0.25, 0.3) is 11.7 Å². The number of benzene rings is 2. The van der Waals surface area contributed by atoms with Crippen molar-refractivity contribution >= 4 is 17.4 Å². The number of carbonyl (C=O) groups is 2. The topological polar surface area (TPSA) is 79.7 Å². The molecule has 0 spiro atoms. The Balaban J connectivity index is 1.86. The molecule has 1 N–H and O–H groups in total. The van der Waals surface area contributed by atoms with E-state index >= 15 is 0 Å². The summed E-state index contributed by atoms with van der Waals surface area (Å²) in [4.78, 5) is 31.2. The summed E-state index contributed by atoms with van der Waals surface area (Å²) in [5, 5.41) is 11.0. The van der Waals surface area contributed by atoms with Gasteiger partial charge in [-0.1, -0.05) is 24.3 Å². The van der Waals surface area contributed by atoms with Crippen LogP contribution in [0.1, 0.15) is 22.7 Å². The molecule has 0 aliphatic carbocycles. The van der Waals surface area contributed by atoms with Gasteiger partial charge in [0, 0.05) is 30.1 Å². The van der Waals surface area contributed by atoms with Crippen molar-refractivity contribution in [1.29, 1.82) is 0 Å². The van der Waals surface area contributed by atoms with Crippen LogP contribution in [0.15, 0.2) is 78.6 Å². The fourth-order valence-electron chi connectivity index (χ4n) is 3.66. The van der Waals surface area contributed by atoms with Crippen molar-refractivity contribution in [1.82, 2.24) is 9.88 Å². The van der Waals surface area contributed by atoms with Gasteiger partial charge in [0.1, 0.15) is 17.3 Å². The molecule has 156 valence electrons. The van der Waals surface area contributed by atoms with Crippen LogP contribution < -0.4 is 4.74 Å². The zero-order chi connectivity index (χ0) is 22.0. The predicted octanol–water partition coefficient (Wildman–Crippen LogP) is 3.85. The molecule has 0 unspecified atom stereocenters. The molecule has 0 radical (unpaired) electrons. The highest BCUT2D eigenvalue weighted by Crippen LogP contribution is 2.41. The third-order valence-electron chi connectivity index (χ3n) is 5.18. The molecule has 1 amide bonds. The number of ether oxygens (including phenoxy) is 1. The van der Waals surface area contributed by atoms with Crippen molar-refractivity contribution in [3.05, 3.63) is 101 Å². The standard InChI is InChI=1S/C24H19FN2O4/c1-31-17-10-8-16(9-11-17)22(28)20-21(18-6-2-3-7-19(18)25)27(24(30)23(20)29)14-15-5-4-12-26-13-15/h2-13,21,28H,14H2,1H3/t21-/m0/s1. The van der Waals surface area contributed by atoms with E-state index in [0.717, 1.165) is 0 Å². The Morgan fingerprint density at radius 2 is 1.84 bits per heavy atom. The van der Waals surface area contributed by atoms with E-state index < -0.39 is 23.5 Å². The summed E-state index contributed by atoms with van der Waals surface area (Å²) >= 11 is 0. The second kappa shape index (κ2) is 8.39. The fraction of sp³-hybridized carbons (Fsp3) is 0.125. The summed E-state index contributed by atoms with van der Waals surface area (Å²) in [7, 11) is 1.51. The SMILES string of the molecule is COc1ccc(C(O)=C2C(=O)C(=O)N(Cc3cccnc3)[C@H]2c2ccccc2F)cc1. The summed E-state index contributed by atoms with van der Waals surface area (Å²) in [6.07, 6.45) is 3.16. The number of Topliss-reactive ketones (excluding diaryl/α,β-unsaturated/α-hetero) is 1. The van der Waals surface area contributed by atoms with E-state index in [0.29, 0.717) is 16.9 Å². The first kappa shape index (κ1) is 20.3. The molecule has 3 aromatic rings. The number of nitrogens with zero attached hydrogens (tertiary/aromatic N) is 2. The number of ketones is 1. The first-order valence-electron chi connectivity index (χ1n) is 9.57. The number of halogens is 1. The number of amides is 1. The smallest absolute Gasteiger partial charge is 0.295 e. The Labute approximate surface area is 178 Å². The van der Waals surface area contributed by atoms with Gasteiger partial charge in [0.15, 0.2) is 0 Å². The molecule has 1 aromatic heterocycles. The molecule has 4 rings (SSSR count). The van der Waals surface area contributed by atoms with E-state index in [1.54, 1.807) is 54.9 Å². The molecule has 0 bridgehead atoms. The van der Waals surface area contributed by atoms with Crippen molar-refractivity contribution in [2.75, 3.05) is 7.11 Å². The van der Waals surface area contributed by atoms with Gasteiger partial charge in [-0.15, -0.1) is 0 Å². The Hall–Kier alpha value is -4.00. The van der Waals surface area contributed by atoms with Crippen LogP contribution in [0.2, 0.25) is 0 Å². The van der Waals surface area contributed by atoms with Crippen molar-refractivity contribution in [2.45, 2.75) is 12.6 Å². The minimum atomic E-state index is -1.08. The molecule has 1 fully saturated rings. The number of aliphatic hydroxyl groups excluding tert-OH is 1. The van der Waals surface area contributed by atoms with E-state index in [1.807, 2.05) is 0 Å². The van der Waals surface area contributed by atoms with Crippen LogP contribution in [-0.4, -0.2) is 33.8 Å². The van der Waals surface area contributed by atoms with Crippen LogP contribution in [-0.2, 0) is 16.1 Å². The molecule has 0 saturated carbocycles. The van der Waals surface area contributed by atoms with Gasteiger partial charge in [-0.25, -0.2) is 4.39 Å². The maximum absolute atomic E-state index is 14.8. The largest absolute Gasteiger partial charge is 0.507 e. The Bertz CT molecular complexity index is 1160. The lowest BCUT2D eigenvalue weighted by Gasteiger charge is -2.25. The molecule has 7 heteroatoms. The number of pyridine rings is 1. The maximum Gasteiger partial charge on any atom is 0.295 e. The molecule has 6 nitrogen and oxygen atoms in total. The monoisotopic (exact) mass is 418 g/mol. The van der Waals surface area contributed by atoms with Gasteiger partial charge in [0.05, 0.1) is 18.7 Å². The van der Waals surface area contributed by atoms with Crippen molar-refractivity contribution in [2.24, 2.45) is 0 Å². The Morgan fingerprint density at radius 1 is 1.10 bits per heavy atom. The lowest BCUT2D eigenvalue weighted by atomic mass is 9.94. The lowest BCUT2D eigenvalue weighted by molar-refractivity contribution is -0.140. The molecule has 2 heterocycles. The molecule has 2 aromatic carbocycles. The van der Waals surface area contributed by atoms with Gasteiger partial charge in [-0.05, 0) is 42.0 Å². The molecular weight excluding hydrogens is 399 g/mol.